The number of allylic oxidation sites excluding steroid dienone is 10. The van der Waals surface area contributed by atoms with E-state index in [4.69, 9.17) is 0 Å². The molecule has 6 aliphatic carbocycles. The van der Waals surface area contributed by atoms with Gasteiger partial charge in [-0.3, -0.25) is 6.08 Å². The summed E-state index contributed by atoms with van der Waals surface area (Å²) in [5.41, 5.74) is 10.3. The molecule has 2 saturated carbocycles. The SMILES string of the molecule is C[C-]1C2=C3Cc4ccccc4C3=C3C=CCCC3C2(C)C(C)(C)C(C)(C)C1(C)C.[C-]1=CC=CC1.[Cl-].[Cl-].[Ti+2]=[C]1CCCCC1. The number of hydrogen-bond donors (Lipinski definition) is 0. The Bertz CT molecular complexity index is 1330. The Labute approximate surface area is 287 Å². The van der Waals surface area contributed by atoms with Crippen LogP contribution >= 0.6 is 0 Å². The summed E-state index contributed by atoms with van der Waals surface area (Å²) in [6, 6.07) is 9.16. The predicted molar refractivity (Wildman–Crippen MR) is 174 cm³/mol. The third kappa shape index (κ3) is 5.86. The van der Waals surface area contributed by atoms with Crippen LogP contribution < -0.4 is 24.8 Å². The van der Waals surface area contributed by atoms with Crippen LogP contribution in [0.4, 0.5) is 0 Å². The molecule has 43 heavy (non-hydrogen) atoms. The first-order valence-electron chi connectivity index (χ1n) is 16.2. The summed E-state index contributed by atoms with van der Waals surface area (Å²) in [5, 5.41) is 0. The minimum atomic E-state index is 0. The van der Waals surface area contributed by atoms with Gasteiger partial charge in [-0.1, -0.05) is 113 Å². The molecular weight excluding hydrogens is 599 g/mol. The molecule has 6 aliphatic rings. The van der Waals surface area contributed by atoms with Gasteiger partial charge in [-0.05, 0) is 40.6 Å². The Balaban J connectivity index is 0.000000302. The van der Waals surface area contributed by atoms with Crippen molar-refractivity contribution < 1.29 is 44.8 Å². The van der Waals surface area contributed by atoms with Crippen LogP contribution in [0, 0.1) is 39.6 Å². The van der Waals surface area contributed by atoms with Gasteiger partial charge in [0, 0.05) is 0 Å². The van der Waals surface area contributed by atoms with E-state index < -0.39 is 0 Å². The molecule has 0 nitrogen and oxygen atoms in total. The zero-order chi connectivity index (χ0) is 29.6. The molecule has 2 atom stereocenters. The van der Waals surface area contributed by atoms with Crippen LogP contribution in [-0.4, -0.2) is 3.81 Å². The van der Waals surface area contributed by atoms with Crippen molar-refractivity contribution in [1.29, 1.82) is 0 Å². The Kier molecular flexibility index (Phi) is 11.6. The third-order valence-corrected chi connectivity index (χ3v) is 13.6. The van der Waals surface area contributed by atoms with Crippen LogP contribution in [0.15, 0.2) is 71.4 Å². The second-order valence-electron chi connectivity index (χ2n) is 14.9. The normalized spacial score (nSPS) is 28.2. The molecule has 7 rings (SSSR count). The number of benzene rings is 1. The molecule has 0 heterocycles. The third-order valence-electron chi connectivity index (χ3n) is 12.8. The van der Waals surface area contributed by atoms with E-state index in [0.29, 0.717) is 5.92 Å². The first-order valence-corrected chi connectivity index (χ1v) is 17.0. The van der Waals surface area contributed by atoms with E-state index in [1.807, 2.05) is 12.2 Å². The number of fused-ring (bicyclic) bond motifs is 6. The van der Waals surface area contributed by atoms with Gasteiger partial charge >= 0.3 is 55.9 Å². The molecule has 0 radical (unpaired) electrons. The Morgan fingerprint density at radius 3 is 2.12 bits per heavy atom. The first-order chi connectivity index (χ1) is 19.4. The van der Waals surface area contributed by atoms with E-state index in [9.17, 15) is 0 Å². The van der Waals surface area contributed by atoms with Crippen LogP contribution in [0.5, 0.6) is 0 Å². The van der Waals surface area contributed by atoms with Crippen LogP contribution in [-0.2, 0) is 26.4 Å². The fourth-order valence-electron chi connectivity index (χ4n) is 8.89. The summed E-state index contributed by atoms with van der Waals surface area (Å²) in [7, 11) is 0. The molecule has 0 saturated heterocycles. The van der Waals surface area contributed by atoms with Crippen molar-refractivity contribution in [3.05, 3.63) is 94.5 Å². The van der Waals surface area contributed by atoms with Crippen LogP contribution in [0.1, 0.15) is 118 Å². The fourth-order valence-corrected chi connectivity index (χ4v) is 9.44. The van der Waals surface area contributed by atoms with Gasteiger partial charge in [0.05, 0.1) is 0 Å². The maximum atomic E-state index is 2.99. The van der Waals surface area contributed by atoms with Crippen molar-refractivity contribution in [2.45, 2.75) is 113 Å². The molecule has 0 aliphatic heterocycles. The molecule has 3 heteroatoms. The molecule has 0 amide bonds. The van der Waals surface area contributed by atoms with E-state index in [2.05, 4.69) is 124 Å². The van der Waals surface area contributed by atoms with Gasteiger partial charge in [0.25, 0.3) is 0 Å². The van der Waals surface area contributed by atoms with Crippen molar-refractivity contribution in [1.82, 2.24) is 0 Å². The van der Waals surface area contributed by atoms with E-state index in [1.165, 1.54) is 56.1 Å². The molecule has 232 valence electrons. The Hall–Kier alpha value is -1.05. The molecule has 1 aromatic rings. The molecule has 0 bridgehead atoms. The average molecular weight is 652 g/mol. The zero-order valence-corrected chi connectivity index (χ0v) is 31.0. The van der Waals surface area contributed by atoms with Gasteiger partial charge < -0.3 is 24.8 Å². The molecular formula is C40H52Cl2Ti-2. The number of rotatable bonds is 0. The van der Waals surface area contributed by atoms with Crippen molar-refractivity contribution in [2.24, 2.45) is 27.6 Å². The fraction of sp³-hybridized carbons (Fsp3) is 0.550. The van der Waals surface area contributed by atoms with Crippen LogP contribution in [0.25, 0.3) is 5.57 Å². The molecule has 1 aromatic carbocycles. The second-order valence-corrected chi connectivity index (χ2v) is 16.0. The van der Waals surface area contributed by atoms with E-state index in [0.717, 1.165) is 12.8 Å². The standard InChI is InChI=1S/C29H37.C6H10.C5H5.2ClH.Ti/c1-18-25-22-17-19-13-9-10-14-20(19)24(22)21-15-11-12-16-23(21)29(25,8)28(6,7)27(4,5)26(18,2)3;1-2-4-6-5-3-1;1-2-4-5-3-1;;;/h9-11,13-15,23H,12,16-17H2,1-8H3;1-5H2;1-3H,4H2;2*1H;/q-1;;-1;;;+2/p-2. The van der Waals surface area contributed by atoms with E-state index in [1.54, 1.807) is 32.0 Å². The quantitative estimate of drug-likeness (QED) is 0.276. The molecule has 2 unspecified atom stereocenters. The van der Waals surface area contributed by atoms with Gasteiger partial charge in [-0.25, -0.2) is 18.1 Å². The minimum absolute atomic E-state index is 0. The Morgan fingerprint density at radius 2 is 1.56 bits per heavy atom. The summed E-state index contributed by atoms with van der Waals surface area (Å²) < 4.78 is 1.71. The van der Waals surface area contributed by atoms with Gasteiger partial charge in [0.15, 0.2) is 0 Å². The first kappa shape index (κ1) is 36.4. The van der Waals surface area contributed by atoms with Crippen molar-refractivity contribution in [2.75, 3.05) is 0 Å². The molecule has 2 fully saturated rings. The average Bonchev–Trinajstić information content (AvgIpc) is 3.65. The number of hydrogen-bond acceptors (Lipinski definition) is 0. The van der Waals surface area contributed by atoms with Gasteiger partial charge in [-0.2, -0.15) is 17.2 Å². The second kappa shape index (κ2) is 13.8. The predicted octanol–water partition coefficient (Wildman–Crippen LogP) is 4.95. The van der Waals surface area contributed by atoms with Crippen molar-refractivity contribution in [3.8, 4) is 0 Å². The van der Waals surface area contributed by atoms with Crippen LogP contribution in [0.3, 0.4) is 0 Å². The summed E-state index contributed by atoms with van der Waals surface area (Å²) in [5.74, 6) is 2.24. The van der Waals surface area contributed by atoms with Crippen molar-refractivity contribution in [3.63, 3.8) is 0 Å². The topological polar surface area (TPSA) is 0 Å². The Morgan fingerprint density at radius 1 is 0.884 bits per heavy atom. The van der Waals surface area contributed by atoms with Gasteiger partial charge in [-0.15, -0.1) is 13.3 Å². The number of halogens is 2. The molecule has 0 aromatic heterocycles. The van der Waals surface area contributed by atoms with E-state index in [-0.39, 0.29) is 46.5 Å². The summed E-state index contributed by atoms with van der Waals surface area (Å²) in [6.45, 7) is 20.3. The van der Waals surface area contributed by atoms with Crippen LogP contribution in [0.2, 0.25) is 0 Å². The molecule has 0 N–H and O–H groups in total. The monoisotopic (exact) mass is 650 g/mol. The summed E-state index contributed by atoms with van der Waals surface area (Å²) in [4.78, 5) is 0. The maximum absolute atomic E-state index is 2.99. The zero-order valence-electron chi connectivity index (χ0n) is 27.9. The van der Waals surface area contributed by atoms with Gasteiger partial charge in [0.1, 0.15) is 0 Å². The summed E-state index contributed by atoms with van der Waals surface area (Å²) in [6.07, 6.45) is 25.7. The van der Waals surface area contributed by atoms with Crippen molar-refractivity contribution >= 4 is 9.38 Å². The van der Waals surface area contributed by atoms with E-state index >= 15 is 0 Å². The summed E-state index contributed by atoms with van der Waals surface area (Å²) >= 11 is 2.28. The molecule has 0 spiro atoms. The van der Waals surface area contributed by atoms with Gasteiger partial charge in [0.2, 0.25) is 0 Å².